The molecule has 0 fully saturated rings. The molecule has 2 heterocycles. The molecule has 0 saturated carbocycles. The standard InChI is InChI=1S/C21H17NO2/c1-14-4-3-5-16-8-11-18(22-21(14)16)20-13-12-19(24-20)15-6-9-17(23-2)10-7-15/h3-13H,1-2H3. The largest absolute Gasteiger partial charge is 0.497 e. The molecular formula is C21H17NO2. The lowest BCUT2D eigenvalue weighted by Crippen LogP contribution is -1.86. The Kier molecular flexibility index (Phi) is 3.54. The van der Waals surface area contributed by atoms with E-state index in [9.17, 15) is 0 Å². The second-order valence-electron chi connectivity index (χ2n) is 5.74. The maximum absolute atomic E-state index is 6.01. The van der Waals surface area contributed by atoms with E-state index in [1.165, 1.54) is 0 Å². The molecule has 0 amide bonds. The summed E-state index contributed by atoms with van der Waals surface area (Å²) in [6.07, 6.45) is 0. The Labute approximate surface area is 140 Å². The molecule has 0 aliphatic carbocycles. The van der Waals surface area contributed by atoms with Gasteiger partial charge in [0.1, 0.15) is 17.2 Å². The molecule has 118 valence electrons. The molecule has 2 aromatic heterocycles. The van der Waals surface area contributed by atoms with Gasteiger partial charge in [-0.1, -0.05) is 24.3 Å². The van der Waals surface area contributed by atoms with Crippen LogP contribution in [0.3, 0.4) is 0 Å². The summed E-state index contributed by atoms with van der Waals surface area (Å²) in [5.41, 5.74) is 4.03. The zero-order valence-electron chi connectivity index (χ0n) is 13.6. The van der Waals surface area contributed by atoms with Crippen LogP contribution in [0.25, 0.3) is 33.7 Å². The van der Waals surface area contributed by atoms with Crippen molar-refractivity contribution in [2.75, 3.05) is 7.11 Å². The average Bonchev–Trinajstić information content (AvgIpc) is 3.12. The van der Waals surface area contributed by atoms with Crippen LogP contribution in [0.5, 0.6) is 5.75 Å². The van der Waals surface area contributed by atoms with Gasteiger partial charge in [0, 0.05) is 10.9 Å². The number of rotatable bonds is 3. The molecule has 24 heavy (non-hydrogen) atoms. The maximum Gasteiger partial charge on any atom is 0.153 e. The van der Waals surface area contributed by atoms with Crippen LogP contribution in [-0.2, 0) is 0 Å². The highest BCUT2D eigenvalue weighted by Gasteiger charge is 2.09. The van der Waals surface area contributed by atoms with Gasteiger partial charge < -0.3 is 9.15 Å². The summed E-state index contributed by atoms with van der Waals surface area (Å²) in [4.78, 5) is 4.77. The van der Waals surface area contributed by atoms with E-state index in [1.807, 2.05) is 48.5 Å². The van der Waals surface area contributed by atoms with Gasteiger partial charge in [0.05, 0.1) is 12.6 Å². The molecule has 0 N–H and O–H groups in total. The smallest absolute Gasteiger partial charge is 0.153 e. The minimum absolute atomic E-state index is 0.769. The van der Waals surface area contributed by atoms with Crippen molar-refractivity contribution in [1.82, 2.24) is 4.98 Å². The SMILES string of the molecule is COc1ccc(-c2ccc(-c3ccc4cccc(C)c4n3)o2)cc1. The van der Waals surface area contributed by atoms with Crippen molar-refractivity contribution >= 4 is 10.9 Å². The first-order valence-corrected chi connectivity index (χ1v) is 7.85. The zero-order chi connectivity index (χ0) is 16.5. The van der Waals surface area contributed by atoms with Crippen molar-refractivity contribution in [1.29, 1.82) is 0 Å². The van der Waals surface area contributed by atoms with Crippen LogP contribution in [0.15, 0.2) is 71.1 Å². The monoisotopic (exact) mass is 315 g/mol. The fourth-order valence-corrected chi connectivity index (χ4v) is 2.82. The van der Waals surface area contributed by atoms with Gasteiger partial charge in [0.15, 0.2) is 5.76 Å². The van der Waals surface area contributed by atoms with Gasteiger partial charge in [-0.25, -0.2) is 4.98 Å². The third-order valence-corrected chi connectivity index (χ3v) is 4.15. The Bertz CT molecular complexity index is 1000. The van der Waals surface area contributed by atoms with E-state index < -0.39 is 0 Å². The van der Waals surface area contributed by atoms with E-state index in [0.717, 1.165) is 45.0 Å². The lowest BCUT2D eigenvalue weighted by molar-refractivity contribution is 0.415. The number of furan rings is 1. The summed E-state index contributed by atoms with van der Waals surface area (Å²) < 4.78 is 11.2. The second-order valence-corrected chi connectivity index (χ2v) is 5.74. The first-order chi connectivity index (χ1) is 11.7. The molecule has 0 radical (unpaired) electrons. The number of ether oxygens (including phenoxy) is 1. The predicted molar refractivity (Wildman–Crippen MR) is 96.2 cm³/mol. The molecule has 0 spiro atoms. The Balaban J connectivity index is 1.72. The molecule has 0 bridgehead atoms. The molecule has 4 aromatic rings. The fourth-order valence-electron chi connectivity index (χ4n) is 2.82. The van der Waals surface area contributed by atoms with E-state index in [2.05, 4.69) is 25.1 Å². The Morgan fingerprint density at radius 2 is 1.62 bits per heavy atom. The first-order valence-electron chi connectivity index (χ1n) is 7.85. The van der Waals surface area contributed by atoms with Gasteiger partial charge in [-0.2, -0.15) is 0 Å². The average molecular weight is 315 g/mol. The lowest BCUT2D eigenvalue weighted by atomic mass is 10.1. The van der Waals surface area contributed by atoms with Crippen molar-refractivity contribution in [3.63, 3.8) is 0 Å². The summed E-state index contributed by atoms with van der Waals surface area (Å²) in [5.74, 6) is 2.42. The Morgan fingerprint density at radius 3 is 2.42 bits per heavy atom. The van der Waals surface area contributed by atoms with E-state index in [1.54, 1.807) is 7.11 Å². The number of nitrogens with zero attached hydrogens (tertiary/aromatic N) is 1. The second kappa shape index (κ2) is 5.85. The minimum atomic E-state index is 0.769. The van der Waals surface area contributed by atoms with Gasteiger partial charge in [-0.05, 0) is 55.0 Å². The molecule has 0 aliphatic rings. The van der Waals surface area contributed by atoms with Crippen LogP contribution in [0.1, 0.15) is 5.56 Å². The summed E-state index contributed by atoms with van der Waals surface area (Å²) in [6.45, 7) is 2.07. The maximum atomic E-state index is 6.01. The van der Waals surface area contributed by atoms with Crippen LogP contribution in [0.2, 0.25) is 0 Å². The number of aromatic nitrogens is 1. The summed E-state index contributed by atoms with van der Waals surface area (Å²) in [7, 11) is 1.66. The van der Waals surface area contributed by atoms with Gasteiger partial charge >= 0.3 is 0 Å². The van der Waals surface area contributed by atoms with Crippen molar-refractivity contribution in [3.05, 3.63) is 72.3 Å². The number of benzene rings is 2. The van der Waals surface area contributed by atoms with Crippen LogP contribution < -0.4 is 4.74 Å². The summed E-state index contributed by atoms with van der Waals surface area (Å²) >= 11 is 0. The minimum Gasteiger partial charge on any atom is -0.497 e. The Morgan fingerprint density at radius 1 is 0.833 bits per heavy atom. The van der Waals surface area contributed by atoms with Gasteiger partial charge in [-0.15, -0.1) is 0 Å². The van der Waals surface area contributed by atoms with E-state index >= 15 is 0 Å². The highest BCUT2D eigenvalue weighted by molar-refractivity contribution is 5.83. The number of methoxy groups -OCH3 is 1. The van der Waals surface area contributed by atoms with Crippen molar-refractivity contribution in [3.8, 4) is 28.5 Å². The highest BCUT2D eigenvalue weighted by Crippen LogP contribution is 2.30. The van der Waals surface area contributed by atoms with E-state index in [0.29, 0.717) is 0 Å². The molecule has 0 aliphatic heterocycles. The van der Waals surface area contributed by atoms with Crippen LogP contribution in [0, 0.1) is 6.92 Å². The first kappa shape index (κ1) is 14.5. The molecule has 3 heteroatoms. The van der Waals surface area contributed by atoms with Gasteiger partial charge in [0.25, 0.3) is 0 Å². The molecule has 0 saturated heterocycles. The normalized spacial score (nSPS) is 10.9. The quantitative estimate of drug-likeness (QED) is 0.502. The van der Waals surface area contributed by atoms with Gasteiger partial charge in [0.2, 0.25) is 0 Å². The number of hydrogen-bond acceptors (Lipinski definition) is 3. The van der Waals surface area contributed by atoms with Crippen LogP contribution in [0.4, 0.5) is 0 Å². The summed E-state index contributed by atoms with van der Waals surface area (Å²) in [6, 6.07) is 22.0. The molecule has 0 atom stereocenters. The van der Waals surface area contributed by atoms with Crippen molar-refractivity contribution in [2.24, 2.45) is 0 Å². The van der Waals surface area contributed by atoms with Gasteiger partial charge in [-0.3, -0.25) is 0 Å². The van der Waals surface area contributed by atoms with E-state index in [-0.39, 0.29) is 0 Å². The number of hydrogen-bond donors (Lipinski definition) is 0. The molecule has 0 unspecified atom stereocenters. The van der Waals surface area contributed by atoms with Crippen LogP contribution >= 0.6 is 0 Å². The molecule has 3 nitrogen and oxygen atoms in total. The Hall–Kier alpha value is -3.07. The number of fused-ring (bicyclic) bond motifs is 1. The highest BCUT2D eigenvalue weighted by atomic mass is 16.5. The number of para-hydroxylation sites is 1. The molecular weight excluding hydrogens is 298 g/mol. The topological polar surface area (TPSA) is 35.3 Å². The molecule has 4 rings (SSSR count). The third kappa shape index (κ3) is 2.54. The summed E-state index contributed by atoms with van der Waals surface area (Å²) in [5, 5.41) is 1.14. The van der Waals surface area contributed by atoms with Crippen LogP contribution in [-0.4, -0.2) is 12.1 Å². The fraction of sp³-hybridized carbons (Fsp3) is 0.0952. The zero-order valence-corrected chi connectivity index (χ0v) is 13.6. The predicted octanol–water partition coefficient (Wildman–Crippen LogP) is 5.48. The number of aryl methyl sites for hydroxylation is 1. The molecule has 2 aromatic carbocycles. The van der Waals surface area contributed by atoms with Crippen molar-refractivity contribution < 1.29 is 9.15 Å². The number of pyridine rings is 1. The third-order valence-electron chi connectivity index (χ3n) is 4.15. The van der Waals surface area contributed by atoms with Crippen molar-refractivity contribution in [2.45, 2.75) is 6.92 Å². The van der Waals surface area contributed by atoms with E-state index in [4.69, 9.17) is 14.1 Å². The lowest BCUT2D eigenvalue weighted by Gasteiger charge is -2.04.